The molecule has 48 valence electrons. The van der Waals surface area contributed by atoms with Crippen LogP contribution in [-0.4, -0.2) is 60.7 Å². The fourth-order valence-corrected chi connectivity index (χ4v) is 0. The van der Waals surface area contributed by atoms with E-state index in [9.17, 15) is 0 Å². The summed E-state index contributed by atoms with van der Waals surface area (Å²) in [7, 11) is -5.17. The van der Waals surface area contributed by atoms with Crippen molar-refractivity contribution in [1.29, 1.82) is 0 Å². The maximum Gasteiger partial charge on any atom is 2.00 e. The van der Waals surface area contributed by atoms with Crippen LogP contribution in [0.4, 0.5) is 0 Å². The minimum Gasteiger partial charge on any atom is -0.759 e. The summed E-state index contributed by atoms with van der Waals surface area (Å²) in [6, 6.07) is 0. The Morgan fingerprint density at radius 2 is 1.12 bits per heavy atom. The van der Waals surface area contributed by atoms with Crippen molar-refractivity contribution in [3.63, 3.8) is 0 Å². The Hall–Kier alpha value is 1.05. The smallest absolute Gasteiger partial charge is 0.759 e. The van der Waals surface area contributed by atoms with Gasteiger partial charge in [0.15, 0.2) is 0 Å². The average Bonchev–Trinajstić information content (AvgIpc) is 0.722. The van der Waals surface area contributed by atoms with Crippen LogP contribution < -0.4 is 6.15 Å². The van der Waals surface area contributed by atoms with E-state index in [2.05, 4.69) is 0 Å². The third-order valence-electron chi connectivity index (χ3n) is 0. The molecule has 0 heterocycles. The molecule has 0 aliphatic heterocycles. The summed E-state index contributed by atoms with van der Waals surface area (Å²) in [4.78, 5) is 0. The summed E-state index contributed by atoms with van der Waals surface area (Å²) < 4.78 is 34.1. The van der Waals surface area contributed by atoms with Crippen LogP contribution in [0, 0.1) is 0 Å². The molecule has 0 rings (SSSR count). The van der Waals surface area contributed by atoms with E-state index < -0.39 is 10.4 Å². The van der Waals surface area contributed by atoms with E-state index in [1.165, 1.54) is 0 Å². The molecule has 8 heavy (non-hydrogen) atoms. The van der Waals surface area contributed by atoms with E-state index in [1.54, 1.807) is 0 Å². The molecule has 0 aliphatic carbocycles. The minimum atomic E-state index is -5.17. The second-order valence-electron chi connectivity index (χ2n) is 0.408. The summed E-state index contributed by atoms with van der Waals surface area (Å²) in [5, 5.41) is 0. The molecule has 0 unspecified atom stereocenters. The van der Waals surface area contributed by atoms with Crippen molar-refractivity contribution < 1.29 is 23.0 Å². The summed E-state index contributed by atoms with van der Waals surface area (Å²) in [6.45, 7) is 0. The Morgan fingerprint density at radius 1 is 1.12 bits per heavy atom. The standard InChI is InChI=1S/Ca.H3N.H2O4S.H2O/c;;1-5(2,3)4;/h;1H3;(H2,1,2,3,4);1H2/q+2;;;/p-2. The van der Waals surface area contributed by atoms with Gasteiger partial charge in [0.2, 0.25) is 0 Å². The molecule has 0 spiro atoms. The van der Waals surface area contributed by atoms with Gasteiger partial charge in [0.05, 0.1) is 0 Å². The van der Waals surface area contributed by atoms with Gasteiger partial charge in [-0.05, 0) is 0 Å². The van der Waals surface area contributed by atoms with Crippen LogP contribution in [0.25, 0.3) is 0 Å². The Bertz CT molecular complexity index is 95.6. The first-order valence-corrected chi connectivity index (χ1v) is 2.00. The largest absolute Gasteiger partial charge is 2.00 e. The molecule has 0 aliphatic rings. The zero-order valence-corrected chi connectivity index (χ0v) is 6.98. The van der Waals surface area contributed by atoms with Crippen LogP contribution in [0.15, 0.2) is 0 Å². The van der Waals surface area contributed by atoms with Gasteiger partial charge in [-0.15, -0.1) is 0 Å². The summed E-state index contributed by atoms with van der Waals surface area (Å²) in [5.74, 6) is 0. The van der Waals surface area contributed by atoms with Crippen LogP contribution in [0.3, 0.4) is 0 Å². The van der Waals surface area contributed by atoms with Crippen LogP contribution in [0.5, 0.6) is 0 Å². The fraction of sp³-hybridized carbons (Fsp3) is 0. The molecule has 0 amide bonds. The summed E-state index contributed by atoms with van der Waals surface area (Å²) >= 11 is 0. The second kappa shape index (κ2) is 8.05. The molecule has 0 bridgehead atoms. The zero-order valence-electron chi connectivity index (χ0n) is 3.96. The van der Waals surface area contributed by atoms with Gasteiger partial charge in [-0.2, -0.15) is 0 Å². The van der Waals surface area contributed by atoms with E-state index in [0.29, 0.717) is 0 Å². The topological polar surface area (TPSA) is 147 Å². The molecular weight excluding hydrogens is 166 g/mol. The Morgan fingerprint density at radius 3 is 1.12 bits per heavy atom. The minimum absolute atomic E-state index is 0. The van der Waals surface area contributed by atoms with Crippen LogP contribution in [0.2, 0.25) is 0 Å². The van der Waals surface area contributed by atoms with Gasteiger partial charge >= 0.3 is 37.7 Å². The van der Waals surface area contributed by atoms with Crippen molar-refractivity contribution in [3.05, 3.63) is 0 Å². The molecule has 6 nitrogen and oxygen atoms in total. The molecule has 0 atom stereocenters. The normalized spacial score (nSPS) is 7.25. The van der Waals surface area contributed by atoms with E-state index in [4.69, 9.17) is 17.5 Å². The number of rotatable bonds is 0. The van der Waals surface area contributed by atoms with Gasteiger partial charge in [-0.25, -0.2) is 0 Å². The van der Waals surface area contributed by atoms with Crippen LogP contribution in [0.1, 0.15) is 0 Å². The zero-order chi connectivity index (χ0) is 4.50. The van der Waals surface area contributed by atoms with E-state index >= 15 is 0 Å². The maximum absolute atomic E-state index is 8.52. The van der Waals surface area contributed by atoms with Gasteiger partial charge in [0.1, 0.15) is 0 Å². The van der Waals surface area contributed by atoms with E-state index in [1.807, 2.05) is 0 Å². The van der Waals surface area contributed by atoms with Crippen molar-refractivity contribution in [2.75, 3.05) is 0 Å². The summed E-state index contributed by atoms with van der Waals surface area (Å²) in [5.41, 5.74) is 0. The first-order valence-electron chi connectivity index (χ1n) is 0.667. The van der Waals surface area contributed by atoms with Crippen LogP contribution >= 0.6 is 0 Å². The van der Waals surface area contributed by atoms with Gasteiger partial charge in [0, 0.05) is 10.4 Å². The number of hydrogen-bond donors (Lipinski definition) is 1. The molecule has 0 radical (unpaired) electrons. The molecule has 0 fully saturated rings. The first kappa shape index (κ1) is 23.0. The molecular formula is H5CaNO5S. The summed E-state index contributed by atoms with van der Waals surface area (Å²) in [6.07, 6.45) is 0. The van der Waals surface area contributed by atoms with Crippen molar-refractivity contribution in [3.8, 4) is 0 Å². The Labute approximate surface area is 76.7 Å². The molecule has 0 aromatic heterocycles. The first-order chi connectivity index (χ1) is 2.00. The van der Waals surface area contributed by atoms with Crippen molar-refractivity contribution in [2.24, 2.45) is 0 Å². The van der Waals surface area contributed by atoms with Gasteiger partial charge < -0.3 is 20.7 Å². The average molecular weight is 171 g/mol. The quantitative estimate of drug-likeness (QED) is 0.245. The fourth-order valence-electron chi connectivity index (χ4n) is 0. The Kier molecular flexibility index (Phi) is 23.1. The van der Waals surface area contributed by atoms with Gasteiger partial charge in [-0.3, -0.25) is 8.42 Å². The molecule has 8 heteroatoms. The van der Waals surface area contributed by atoms with Crippen molar-refractivity contribution in [2.45, 2.75) is 0 Å². The molecule has 0 saturated carbocycles. The van der Waals surface area contributed by atoms with E-state index in [-0.39, 0.29) is 49.4 Å². The Balaban J connectivity index is -0.0000000267. The monoisotopic (exact) mass is 171 g/mol. The third kappa shape index (κ3) is 234. The van der Waals surface area contributed by atoms with E-state index in [0.717, 1.165) is 0 Å². The SMILES string of the molecule is N.O.O=S(=O)([O-])[O-].[Ca+2]. The number of hydrogen-bond acceptors (Lipinski definition) is 5. The molecule has 0 aromatic rings. The van der Waals surface area contributed by atoms with Crippen molar-refractivity contribution >= 4 is 48.1 Å². The van der Waals surface area contributed by atoms with Gasteiger partial charge in [-0.1, -0.05) is 0 Å². The van der Waals surface area contributed by atoms with Crippen LogP contribution in [-0.2, 0) is 10.4 Å². The second-order valence-corrected chi connectivity index (χ2v) is 1.22. The third-order valence-corrected chi connectivity index (χ3v) is 0. The molecule has 5 N–H and O–H groups in total. The van der Waals surface area contributed by atoms with Gasteiger partial charge in [0.25, 0.3) is 0 Å². The maximum atomic E-state index is 8.52. The predicted molar refractivity (Wildman–Crippen MR) is 24.9 cm³/mol. The molecule has 0 aromatic carbocycles. The predicted octanol–water partition coefficient (Wildman–Crippen LogP) is -2.38. The van der Waals surface area contributed by atoms with Crippen molar-refractivity contribution in [1.82, 2.24) is 6.15 Å². The molecule has 0 saturated heterocycles.